The van der Waals surface area contributed by atoms with E-state index in [1.165, 1.54) is 0 Å². The lowest BCUT2D eigenvalue weighted by Gasteiger charge is -2.34. The predicted octanol–water partition coefficient (Wildman–Crippen LogP) is 2.23. The van der Waals surface area contributed by atoms with Gasteiger partial charge in [-0.1, -0.05) is 17.3 Å². The topological polar surface area (TPSA) is 71.7 Å². The zero-order valence-corrected chi connectivity index (χ0v) is 15.1. The van der Waals surface area contributed by atoms with Crippen LogP contribution >= 0.6 is 0 Å². The van der Waals surface area contributed by atoms with Gasteiger partial charge in [-0.05, 0) is 25.0 Å². The summed E-state index contributed by atoms with van der Waals surface area (Å²) < 4.78 is 10.6. The van der Waals surface area contributed by atoms with Gasteiger partial charge in [0.2, 0.25) is 5.89 Å². The number of para-hydroxylation sites is 1. The molecular formula is C19H24N4O3. The van der Waals surface area contributed by atoms with Crippen LogP contribution in [0.4, 0.5) is 5.69 Å². The van der Waals surface area contributed by atoms with Crippen LogP contribution in [0.5, 0.6) is 0 Å². The fourth-order valence-corrected chi connectivity index (χ4v) is 3.76. The largest absolute Gasteiger partial charge is 0.378 e. The van der Waals surface area contributed by atoms with E-state index in [0.717, 1.165) is 43.7 Å². The molecule has 2 aliphatic rings. The molecule has 0 bridgehead atoms. The van der Waals surface area contributed by atoms with Gasteiger partial charge in [-0.25, -0.2) is 0 Å². The van der Waals surface area contributed by atoms with E-state index in [4.69, 9.17) is 9.26 Å². The van der Waals surface area contributed by atoms with Crippen LogP contribution < -0.4 is 4.90 Å². The van der Waals surface area contributed by atoms with Gasteiger partial charge in [-0.2, -0.15) is 4.98 Å². The molecule has 3 heterocycles. The minimum atomic E-state index is 0.0806. The van der Waals surface area contributed by atoms with Gasteiger partial charge in [0, 0.05) is 44.7 Å². The lowest BCUT2D eigenvalue weighted by atomic mass is 9.96. The Morgan fingerprint density at radius 2 is 2.00 bits per heavy atom. The monoisotopic (exact) mass is 356 g/mol. The van der Waals surface area contributed by atoms with E-state index in [2.05, 4.69) is 15.0 Å². The van der Waals surface area contributed by atoms with Crippen molar-refractivity contribution in [3.05, 3.63) is 41.5 Å². The maximum absolute atomic E-state index is 13.2. The second kappa shape index (κ2) is 7.45. The van der Waals surface area contributed by atoms with Gasteiger partial charge in [-0.15, -0.1) is 0 Å². The Morgan fingerprint density at radius 3 is 2.77 bits per heavy atom. The van der Waals surface area contributed by atoms with Crippen LogP contribution in [0, 0.1) is 6.92 Å². The summed E-state index contributed by atoms with van der Waals surface area (Å²) in [4.78, 5) is 21.8. The Labute approximate surface area is 152 Å². The van der Waals surface area contributed by atoms with Gasteiger partial charge < -0.3 is 19.1 Å². The van der Waals surface area contributed by atoms with E-state index in [1.807, 2.05) is 29.2 Å². The third kappa shape index (κ3) is 3.44. The molecule has 2 aliphatic heterocycles. The van der Waals surface area contributed by atoms with Crippen LogP contribution in [0.25, 0.3) is 0 Å². The number of rotatable bonds is 3. The quantitative estimate of drug-likeness (QED) is 0.840. The number of aryl methyl sites for hydroxylation is 1. The van der Waals surface area contributed by atoms with Crippen LogP contribution in [0.2, 0.25) is 0 Å². The highest BCUT2D eigenvalue weighted by molar-refractivity contribution is 6.00. The summed E-state index contributed by atoms with van der Waals surface area (Å²) in [5.41, 5.74) is 1.76. The van der Waals surface area contributed by atoms with Crippen molar-refractivity contribution in [1.29, 1.82) is 0 Å². The third-order valence-electron chi connectivity index (χ3n) is 5.10. The number of benzene rings is 1. The van der Waals surface area contributed by atoms with Crippen molar-refractivity contribution >= 4 is 11.6 Å². The average Bonchev–Trinajstić information content (AvgIpc) is 3.15. The van der Waals surface area contributed by atoms with Crippen molar-refractivity contribution in [1.82, 2.24) is 15.0 Å². The number of amides is 1. The summed E-state index contributed by atoms with van der Waals surface area (Å²) in [5.74, 6) is 1.50. The molecule has 2 saturated heterocycles. The summed E-state index contributed by atoms with van der Waals surface area (Å²) in [7, 11) is 0. The zero-order chi connectivity index (χ0) is 17.9. The number of hydrogen-bond donors (Lipinski definition) is 0. The highest BCUT2D eigenvalue weighted by Gasteiger charge is 2.30. The Morgan fingerprint density at radius 1 is 1.19 bits per heavy atom. The maximum Gasteiger partial charge on any atom is 0.255 e. The number of aromatic nitrogens is 2. The smallest absolute Gasteiger partial charge is 0.255 e. The van der Waals surface area contributed by atoms with Gasteiger partial charge >= 0.3 is 0 Å². The molecule has 0 spiro atoms. The maximum atomic E-state index is 13.2. The fraction of sp³-hybridized carbons (Fsp3) is 0.526. The minimum Gasteiger partial charge on any atom is -0.378 e. The molecule has 7 heteroatoms. The molecule has 138 valence electrons. The molecule has 2 aromatic rings. The second-order valence-electron chi connectivity index (χ2n) is 6.88. The number of ether oxygens (including phenoxy) is 1. The molecule has 2 fully saturated rings. The SMILES string of the molecule is Cc1nc([C@H]2CCCN(C(=O)c3ccccc3N3CCOCC3)C2)no1. The minimum absolute atomic E-state index is 0.0806. The van der Waals surface area contributed by atoms with Crippen molar-refractivity contribution in [2.75, 3.05) is 44.3 Å². The van der Waals surface area contributed by atoms with Crippen LogP contribution in [-0.2, 0) is 4.74 Å². The third-order valence-corrected chi connectivity index (χ3v) is 5.10. The van der Waals surface area contributed by atoms with E-state index >= 15 is 0 Å². The molecule has 26 heavy (non-hydrogen) atoms. The van der Waals surface area contributed by atoms with Crippen LogP contribution in [0.15, 0.2) is 28.8 Å². The number of piperidine rings is 1. The first-order valence-electron chi connectivity index (χ1n) is 9.23. The number of anilines is 1. The van der Waals surface area contributed by atoms with Gasteiger partial charge in [0.1, 0.15) is 0 Å². The predicted molar refractivity (Wildman–Crippen MR) is 96.4 cm³/mol. The molecule has 7 nitrogen and oxygen atoms in total. The van der Waals surface area contributed by atoms with Crippen molar-refractivity contribution in [2.24, 2.45) is 0 Å². The highest BCUT2D eigenvalue weighted by Crippen LogP contribution is 2.28. The lowest BCUT2D eigenvalue weighted by Crippen LogP contribution is -2.41. The molecule has 1 atom stereocenters. The van der Waals surface area contributed by atoms with Gasteiger partial charge in [0.05, 0.1) is 18.8 Å². The number of carbonyl (C=O) groups excluding carboxylic acids is 1. The van der Waals surface area contributed by atoms with Gasteiger partial charge in [0.15, 0.2) is 5.82 Å². The summed E-state index contributed by atoms with van der Waals surface area (Å²) in [6, 6.07) is 7.88. The van der Waals surface area contributed by atoms with Crippen molar-refractivity contribution < 1.29 is 14.1 Å². The van der Waals surface area contributed by atoms with Crippen LogP contribution in [-0.4, -0.2) is 60.3 Å². The first-order chi connectivity index (χ1) is 12.7. The molecule has 0 saturated carbocycles. The number of nitrogens with zero attached hydrogens (tertiary/aromatic N) is 4. The molecule has 0 radical (unpaired) electrons. The second-order valence-corrected chi connectivity index (χ2v) is 6.88. The molecule has 1 amide bonds. The van der Waals surface area contributed by atoms with Gasteiger partial charge in [-0.3, -0.25) is 4.79 Å². The van der Waals surface area contributed by atoms with E-state index in [0.29, 0.717) is 31.5 Å². The Hall–Kier alpha value is -2.41. The van der Waals surface area contributed by atoms with Crippen LogP contribution in [0.1, 0.15) is 40.8 Å². The first-order valence-corrected chi connectivity index (χ1v) is 9.23. The van der Waals surface area contributed by atoms with Gasteiger partial charge in [0.25, 0.3) is 5.91 Å². The molecule has 1 aromatic carbocycles. The molecule has 1 aromatic heterocycles. The van der Waals surface area contributed by atoms with Crippen molar-refractivity contribution in [3.8, 4) is 0 Å². The molecular weight excluding hydrogens is 332 g/mol. The lowest BCUT2D eigenvalue weighted by molar-refractivity contribution is 0.0703. The summed E-state index contributed by atoms with van der Waals surface area (Å²) in [6.45, 7) is 6.22. The average molecular weight is 356 g/mol. The first kappa shape index (κ1) is 17.0. The standard InChI is InChI=1S/C19H24N4O3/c1-14-20-18(21-26-14)15-5-4-8-23(13-15)19(24)16-6-2-3-7-17(16)22-9-11-25-12-10-22/h2-3,6-7,15H,4-5,8-13H2,1H3/t15-/m0/s1. The number of morpholine rings is 1. The summed E-state index contributed by atoms with van der Waals surface area (Å²) >= 11 is 0. The normalized spacial score (nSPS) is 21.0. The van der Waals surface area contributed by atoms with E-state index < -0.39 is 0 Å². The zero-order valence-electron chi connectivity index (χ0n) is 15.1. The Bertz CT molecular complexity index is 770. The summed E-state index contributed by atoms with van der Waals surface area (Å²) in [5, 5.41) is 4.05. The Balaban J connectivity index is 1.53. The number of hydrogen-bond acceptors (Lipinski definition) is 6. The highest BCUT2D eigenvalue weighted by atomic mass is 16.5. The van der Waals surface area contributed by atoms with Crippen LogP contribution in [0.3, 0.4) is 0 Å². The number of carbonyl (C=O) groups is 1. The van der Waals surface area contributed by atoms with Crippen molar-refractivity contribution in [2.45, 2.75) is 25.7 Å². The Kier molecular flexibility index (Phi) is 4.88. The summed E-state index contributed by atoms with van der Waals surface area (Å²) in [6.07, 6.45) is 1.93. The molecule has 0 aliphatic carbocycles. The van der Waals surface area contributed by atoms with E-state index in [-0.39, 0.29) is 11.8 Å². The molecule has 0 unspecified atom stereocenters. The fourth-order valence-electron chi connectivity index (χ4n) is 3.76. The molecule has 4 rings (SSSR count). The molecule has 0 N–H and O–H groups in total. The number of likely N-dealkylation sites (tertiary alicyclic amines) is 1. The van der Waals surface area contributed by atoms with E-state index in [9.17, 15) is 4.79 Å². The van der Waals surface area contributed by atoms with Crippen molar-refractivity contribution in [3.63, 3.8) is 0 Å². The van der Waals surface area contributed by atoms with E-state index in [1.54, 1.807) is 6.92 Å².